The number of benzene rings is 1. The monoisotopic (exact) mass is 226 g/mol. The van der Waals surface area contributed by atoms with Gasteiger partial charge in [-0.15, -0.1) is 0 Å². The van der Waals surface area contributed by atoms with E-state index in [1.807, 2.05) is 0 Å². The quantitative estimate of drug-likeness (QED) is 0.622. The van der Waals surface area contributed by atoms with Gasteiger partial charge in [-0.1, -0.05) is 24.3 Å². The molecule has 5 heteroatoms. The first-order valence-electron chi connectivity index (χ1n) is 4.47. The summed E-state index contributed by atoms with van der Waals surface area (Å²) in [6.45, 7) is 3.22. The number of carbonyl (C=O) groups is 1. The second kappa shape index (κ2) is 5.16. The molecule has 0 aromatic heterocycles. The Morgan fingerprint density at radius 3 is 2.33 bits per heavy atom. The van der Waals surface area contributed by atoms with Gasteiger partial charge in [0.05, 0.1) is 0 Å². The van der Waals surface area contributed by atoms with Crippen LogP contribution in [0.5, 0.6) is 0 Å². The van der Waals surface area contributed by atoms with Crippen LogP contribution >= 0.6 is 0 Å². The van der Waals surface area contributed by atoms with Gasteiger partial charge >= 0.3 is 0 Å². The van der Waals surface area contributed by atoms with Crippen LogP contribution in [0.1, 0.15) is 35.8 Å². The second-order valence-corrected chi connectivity index (χ2v) is 3.96. The number of hydrogen-bond donors (Lipinski definition) is 1. The summed E-state index contributed by atoms with van der Waals surface area (Å²) < 4.78 is 23.1. The molecule has 0 fully saturated rings. The van der Waals surface area contributed by atoms with Crippen molar-refractivity contribution in [3.8, 4) is 0 Å². The lowest BCUT2D eigenvalue weighted by Crippen LogP contribution is -2.20. The Hall–Kier alpha value is -1.04. The summed E-state index contributed by atoms with van der Waals surface area (Å²) in [5.74, 6) is -0.00503. The van der Waals surface area contributed by atoms with E-state index in [9.17, 15) is 13.6 Å². The summed E-state index contributed by atoms with van der Waals surface area (Å²) in [5, 5.41) is 0. The van der Waals surface area contributed by atoms with Crippen LogP contribution in [0.15, 0.2) is 24.3 Å². The Bertz CT molecular complexity index is 375. The highest BCUT2D eigenvalue weighted by Crippen LogP contribution is 2.13. The van der Waals surface area contributed by atoms with Crippen molar-refractivity contribution in [3.63, 3.8) is 0 Å². The minimum atomic E-state index is -2.28. The molecule has 0 aliphatic rings. The number of hydrogen-bond acceptors (Lipinski definition) is 3. The normalized spacial score (nSPS) is 14.6. The maximum atomic E-state index is 11.0. The molecular formula is C10H12NO3S-. The molecule has 0 amide bonds. The van der Waals surface area contributed by atoms with Crippen molar-refractivity contribution in [1.29, 1.82) is 0 Å². The highest BCUT2D eigenvalue weighted by Gasteiger charge is 2.05. The van der Waals surface area contributed by atoms with Crippen LogP contribution in [0, 0.1) is 0 Å². The molecule has 1 aromatic carbocycles. The molecule has 0 saturated carbocycles. The van der Waals surface area contributed by atoms with Crippen molar-refractivity contribution >= 4 is 17.0 Å². The maximum absolute atomic E-state index is 11.0. The average Bonchev–Trinajstić information content (AvgIpc) is 2.17. The van der Waals surface area contributed by atoms with Crippen molar-refractivity contribution in [1.82, 2.24) is 4.72 Å². The van der Waals surface area contributed by atoms with Crippen LogP contribution in [0.3, 0.4) is 0 Å². The molecule has 1 unspecified atom stereocenters. The van der Waals surface area contributed by atoms with Gasteiger partial charge in [-0.2, -0.15) is 0 Å². The number of nitrogens with one attached hydrogen (secondary N) is 1. The predicted molar refractivity (Wildman–Crippen MR) is 56.9 cm³/mol. The number of carbonyl (C=O) groups excluding carboxylic acids is 1. The fourth-order valence-corrected chi connectivity index (χ4v) is 1.64. The molecule has 0 aliphatic heterocycles. The molecule has 0 spiro atoms. The zero-order chi connectivity index (χ0) is 11.4. The first-order valence-corrected chi connectivity index (χ1v) is 5.54. The van der Waals surface area contributed by atoms with Gasteiger partial charge in [-0.05, 0) is 19.4 Å². The van der Waals surface area contributed by atoms with Gasteiger partial charge < -0.3 is 4.55 Å². The van der Waals surface area contributed by atoms with Gasteiger partial charge in [0.15, 0.2) is 5.78 Å². The SMILES string of the molecule is CC(=O)c1ccc([C@@H](C)NS(=O)[O-])cc1. The molecule has 0 radical (unpaired) electrons. The standard InChI is InChI=1S/C10H13NO3S/c1-7(11-15(13)14)9-3-5-10(6-4-9)8(2)12/h3-7,11H,1-2H3,(H,13,14)/p-1/t7-/m1/s1. The topological polar surface area (TPSA) is 69.2 Å². The van der Waals surface area contributed by atoms with E-state index in [4.69, 9.17) is 0 Å². The van der Waals surface area contributed by atoms with Crippen LogP contribution < -0.4 is 4.72 Å². The summed E-state index contributed by atoms with van der Waals surface area (Å²) in [6.07, 6.45) is 0. The van der Waals surface area contributed by atoms with Gasteiger partial charge in [-0.3, -0.25) is 9.00 Å². The van der Waals surface area contributed by atoms with E-state index in [0.717, 1.165) is 5.56 Å². The third kappa shape index (κ3) is 3.54. The lowest BCUT2D eigenvalue weighted by molar-refractivity contribution is 0.101. The molecule has 0 aliphatic carbocycles. The predicted octanol–water partition coefficient (Wildman–Crippen LogP) is 1.33. The van der Waals surface area contributed by atoms with Crippen LogP contribution in [0.2, 0.25) is 0 Å². The van der Waals surface area contributed by atoms with E-state index >= 15 is 0 Å². The Balaban J connectivity index is 2.79. The number of rotatable bonds is 4. The Morgan fingerprint density at radius 2 is 1.93 bits per heavy atom. The van der Waals surface area contributed by atoms with Crippen molar-refractivity contribution in [2.75, 3.05) is 0 Å². The molecular weight excluding hydrogens is 214 g/mol. The van der Waals surface area contributed by atoms with Gasteiger partial charge in [0, 0.05) is 22.9 Å². The fourth-order valence-electron chi connectivity index (χ4n) is 1.22. The largest absolute Gasteiger partial charge is 0.760 e. The minimum absolute atomic E-state index is 0.00503. The molecule has 4 nitrogen and oxygen atoms in total. The van der Waals surface area contributed by atoms with Gasteiger partial charge in [0.1, 0.15) is 0 Å². The van der Waals surface area contributed by atoms with Crippen molar-refractivity contribution in [2.24, 2.45) is 0 Å². The average molecular weight is 226 g/mol. The molecule has 2 atom stereocenters. The van der Waals surface area contributed by atoms with E-state index in [1.54, 1.807) is 31.2 Å². The molecule has 1 aromatic rings. The molecule has 0 bridgehead atoms. The number of ketones is 1. The van der Waals surface area contributed by atoms with Crippen molar-refractivity contribution in [2.45, 2.75) is 19.9 Å². The Labute approximate surface area is 91.1 Å². The summed E-state index contributed by atoms with van der Waals surface area (Å²) in [4.78, 5) is 11.0. The van der Waals surface area contributed by atoms with Gasteiger partial charge in [0.25, 0.3) is 0 Å². The molecule has 15 heavy (non-hydrogen) atoms. The Kier molecular flexibility index (Phi) is 4.14. The molecule has 1 N–H and O–H groups in total. The van der Waals surface area contributed by atoms with E-state index in [0.29, 0.717) is 5.56 Å². The zero-order valence-corrected chi connectivity index (χ0v) is 9.34. The maximum Gasteiger partial charge on any atom is 0.159 e. The van der Waals surface area contributed by atoms with Crippen molar-refractivity contribution < 1.29 is 13.6 Å². The van der Waals surface area contributed by atoms with E-state index in [2.05, 4.69) is 4.72 Å². The van der Waals surface area contributed by atoms with Gasteiger partial charge in [-0.25, -0.2) is 4.72 Å². The smallest absolute Gasteiger partial charge is 0.159 e. The summed E-state index contributed by atoms with van der Waals surface area (Å²) in [6, 6.07) is 6.56. The first-order chi connectivity index (χ1) is 7.00. The van der Waals surface area contributed by atoms with E-state index < -0.39 is 11.3 Å². The lowest BCUT2D eigenvalue weighted by atomic mass is 10.1. The fraction of sp³-hybridized carbons (Fsp3) is 0.300. The van der Waals surface area contributed by atoms with Crippen LogP contribution in [-0.2, 0) is 11.3 Å². The molecule has 0 saturated heterocycles. The van der Waals surface area contributed by atoms with Crippen LogP contribution in [-0.4, -0.2) is 14.5 Å². The Morgan fingerprint density at radius 1 is 1.40 bits per heavy atom. The van der Waals surface area contributed by atoms with Crippen LogP contribution in [0.25, 0.3) is 0 Å². The molecule has 82 valence electrons. The second-order valence-electron chi connectivity index (χ2n) is 3.25. The minimum Gasteiger partial charge on any atom is -0.760 e. The molecule has 1 rings (SSSR count). The van der Waals surface area contributed by atoms with Crippen LogP contribution in [0.4, 0.5) is 0 Å². The first kappa shape index (κ1) is 12.0. The van der Waals surface area contributed by atoms with E-state index in [1.165, 1.54) is 6.92 Å². The van der Waals surface area contributed by atoms with Gasteiger partial charge in [0.2, 0.25) is 0 Å². The zero-order valence-electron chi connectivity index (χ0n) is 8.52. The van der Waals surface area contributed by atoms with E-state index in [-0.39, 0.29) is 11.8 Å². The number of Topliss-reactive ketones (excluding diaryl/α,β-unsaturated/α-hetero) is 1. The highest BCUT2D eigenvalue weighted by atomic mass is 32.2. The summed E-state index contributed by atoms with van der Waals surface area (Å²) >= 11 is -2.28. The van der Waals surface area contributed by atoms with Crippen molar-refractivity contribution in [3.05, 3.63) is 35.4 Å². The third-order valence-electron chi connectivity index (χ3n) is 2.09. The third-order valence-corrected chi connectivity index (χ3v) is 2.64. The summed E-state index contributed by atoms with van der Waals surface area (Å²) in [5.41, 5.74) is 1.44. The molecule has 0 heterocycles. The highest BCUT2D eigenvalue weighted by molar-refractivity contribution is 7.77. The summed E-state index contributed by atoms with van der Waals surface area (Å²) in [7, 11) is 0. The lowest BCUT2D eigenvalue weighted by Gasteiger charge is -2.15.